The van der Waals surface area contributed by atoms with E-state index in [0.717, 1.165) is 12.8 Å². The molecular weight excluding hydrogens is 432 g/mol. The standard InChI is InChI=1S/C24H25ClN2O5/c1-16(28)26-18-12-10-17(11-13-18)23(31)32-15-22(30)27(2)24(14-6-5-9-21(24)29)19-7-3-4-8-20(19)25/h3-4,7-8,10-13H,5-6,9,14-15H2,1-2H3,(H,26,28). The van der Waals surface area contributed by atoms with Crippen molar-refractivity contribution in [2.45, 2.75) is 38.1 Å². The number of nitrogens with one attached hydrogen (secondary N) is 1. The molecule has 168 valence electrons. The maximum absolute atomic E-state index is 13.1. The van der Waals surface area contributed by atoms with Gasteiger partial charge in [0.15, 0.2) is 12.4 Å². The molecule has 0 bridgehead atoms. The van der Waals surface area contributed by atoms with Gasteiger partial charge in [0.2, 0.25) is 5.91 Å². The van der Waals surface area contributed by atoms with E-state index in [0.29, 0.717) is 29.1 Å². The van der Waals surface area contributed by atoms with Crippen molar-refractivity contribution in [1.29, 1.82) is 0 Å². The van der Waals surface area contributed by atoms with Gasteiger partial charge in [-0.15, -0.1) is 0 Å². The number of likely N-dealkylation sites (N-methyl/N-ethyl adjacent to an activating group) is 1. The predicted molar refractivity (Wildman–Crippen MR) is 120 cm³/mol. The highest BCUT2D eigenvalue weighted by Gasteiger charge is 2.48. The first-order valence-electron chi connectivity index (χ1n) is 10.4. The molecule has 2 aromatic rings. The van der Waals surface area contributed by atoms with Crippen LogP contribution in [0.3, 0.4) is 0 Å². The topological polar surface area (TPSA) is 92.8 Å². The van der Waals surface area contributed by atoms with E-state index in [9.17, 15) is 19.2 Å². The quantitative estimate of drug-likeness (QED) is 0.664. The highest BCUT2D eigenvalue weighted by atomic mass is 35.5. The smallest absolute Gasteiger partial charge is 0.338 e. The van der Waals surface area contributed by atoms with Crippen LogP contribution in [0.25, 0.3) is 0 Å². The van der Waals surface area contributed by atoms with Crippen molar-refractivity contribution in [2.24, 2.45) is 0 Å². The fraction of sp³-hybridized carbons (Fsp3) is 0.333. The first-order chi connectivity index (χ1) is 15.3. The maximum atomic E-state index is 13.1. The third-order valence-electron chi connectivity index (χ3n) is 5.69. The van der Waals surface area contributed by atoms with E-state index in [-0.39, 0.29) is 17.3 Å². The molecular formula is C24H25ClN2O5. The summed E-state index contributed by atoms with van der Waals surface area (Å²) in [5.41, 5.74) is 0.189. The minimum absolute atomic E-state index is 0.0763. The predicted octanol–water partition coefficient (Wildman–Crippen LogP) is 3.95. The summed E-state index contributed by atoms with van der Waals surface area (Å²) >= 11 is 6.41. The lowest BCUT2D eigenvalue weighted by molar-refractivity contribution is -0.150. The summed E-state index contributed by atoms with van der Waals surface area (Å²) in [6.07, 6.45) is 2.34. The average molecular weight is 457 g/mol. The Labute approximate surface area is 191 Å². The zero-order valence-corrected chi connectivity index (χ0v) is 18.8. The Morgan fingerprint density at radius 2 is 1.78 bits per heavy atom. The summed E-state index contributed by atoms with van der Waals surface area (Å²) in [6, 6.07) is 13.1. The van der Waals surface area contributed by atoms with Crippen LogP contribution in [-0.4, -0.2) is 42.1 Å². The van der Waals surface area contributed by atoms with Gasteiger partial charge in [-0.2, -0.15) is 0 Å². The van der Waals surface area contributed by atoms with Crippen molar-refractivity contribution < 1.29 is 23.9 Å². The molecule has 0 aliphatic heterocycles. The second kappa shape index (κ2) is 9.96. The van der Waals surface area contributed by atoms with Crippen LogP contribution in [0.15, 0.2) is 48.5 Å². The van der Waals surface area contributed by atoms with Crippen molar-refractivity contribution >= 4 is 40.9 Å². The number of Topliss-reactive ketones (excluding diaryl/α,β-unsaturated/α-hetero) is 1. The van der Waals surface area contributed by atoms with Gasteiger partial charge in [0.25, 0.3) is 5.91 Å². The van der Waals surface area contributed by atoms with Gasteiger partial charge in [-0.05, 0) is 49.6 Å². The number of ketones is 1. The minimum Gasteiger partial charge on any atom is -0.452 e. The SMILES string of the molecule is CC(=O)Nc1ccc(C(=O)OCC(=O)N(C)C2(c3ccccc3Cl)CCCCC2=O)cc1. The summed E-state index contributed by atoms with van der Waals surface area (Å²) in [5, 5.41) is 3.02. The van der Waals surface area contributed by atoms with Crippen LogP contribution in [0.1, 0.15) is 48.5 Å². The van der Waals surface area contributed by atoms with Gasteiger partial charge in [0.1, 0.15) is 5.54 Å². The zero-order chi connectivity index (χ0) is 23.3. The van der Waals surface area contributed by atoms with Crippen molar-refractivity contribution in [3.63, 3.8) is 0 Å². The van der Waals surface area contributed by atoms with Gasteiger partial charge in [-0.1, -0.05) is 29.8 Å². The molecule has 1 fully saturated rings. The molecule has 1 atom stereocenters. The molecule has 1 aliphatic carbocycles. The lowest BCUT2D eigenvalue weighted by Crippen LogP contribution is -2.55. The number of carbonyl (C=O) groups is 4. The fourth-order valence-corrected chi connectivity index (χ4v) is 4.33. The number of carbonyl (C=O) groups excluding carboxylic acids is 4. The van der Waals surface area contributed by atoms with Crippen molar-refractivity contribution in [3.05, 3.63) is 64.7 Å². The van der Waals surface area contributed by atoms with Gasteiger partial charge in [-0.25, -0.2) is 4.79 Å². The molecule has 0 spiro atoms. The Kier molecular flexibility index (Phi) is 7.30. The van der Waals surface area contributed by atoms with E-state index >= 15 is 0 Å². The second-order valence-electron chi connectivity index (χ2n) is 7.76. The third-order valence-corrected chi connectivity index (χ3v) is 6.02. The average Bonchev–Trinajstić information content (AvgIpc) is 2.78. The van der Waals surface area contributed by atoms with Gasteiger partial charge < -0.3 is 15.0 Å². The van der Waals surface area contributed by atoms with E-state index in [1.165, 1.54) is 24.0 Å². The Hall–Kier alpha value is -3.19. The van der Waals surface area contributed by atoms with Gasteiger partial charge in [0, 0.05) is 36.7 Å². The number of anilines is 1. The van der Waals surface area contributed by atoms with Crippen LogP contribution in [0, 0.1) is 0 Å². The molecule has 2 amide bonds. The molecule has 0 aromatic heterocycles. The van der Waals surface area contributed by atoms with E-state index in [1.54, 1.807) is 43.4 Å². The van der Waals surface area contributed by atoms with Gasteiger partial charge in [0.05, 0.1) is 5.56 Å². The van der Waals surface area contributed by atoms with E-state index in [4.69, 9.17) is 16.3 Å². The Morgan fingerprint density at radius 1 is 1.09 bits per heavy atom. The number of amides is 2. The number of ether oxygens (including phenoxy) is 1. The van der Waals surface area contributed by atoms with Crippen molar-refractivity contribution in [2.75, 3.05) is 19.0 Å². The second-order valence-corrected chi connectivity index (χ2v) is 8.17. The van der Waals surface area contributed by atoms with E-state index in [1.807, 2.05) is 0 Å². The number of benzene rings is 2. The Morgan fingerprint density at radius 3 is 2.41 bits per heavy atom. The molecule has 1 unspecified atom stereocenters. The Bertz CT molecular complexity index is 1040. The number of halogens is 1. The van der Waals surface area contributed by atoms with Crippen LogP contribution in [0.5, 0.6) is 0 Å². The summed E-state index contributed by atoms with van der Waals surface area (Å²) in [5.74, 6) is -1.47. The molecule has 0 radical (unpaired) electrons. The summed E-state index contributed by atoms with van der Waals surface area (Å²) < 4.78 is 5.21. The van der Waals surface area contributed by atoms with Crippen LogP contribution in [0.4, 0.5) is 5.69 Å². The summed E-state index contributed by atoms with van der Waals surface area (Å²) in [4.78, 5) is 50.9. The van der Waals surface area contributed by atoms with Crippen LogP contribution < -0.4 is 5.32 Å². The zero-order valence-electron chi connectivity index (χ0n) is 18.0. The fourth-order valence-electron chi connectivity index (χ4n) is 4.04. The van der Waals surface area contributed by atoms with Crippen LogP contribution in [-0.2, 0) is 24.7 Å². The number of nitrogens with zero attached hydrogens (tertiary/aromatic N) is 1. The number of esters is 1. The van der Waals surface area contributed by atoms with E-state index < -0.39 is 24.0 Å². The largest absolute Gasteiger partial charge is 0.452 e. The highest BCUT2D eigenvalue weighted by molar-refractivity contribution is 6.31. The number of hydrogen-bond acceptors (Lipinski definition) is 5. The minimum atomic E-state index is -1.18. The van der Waals surface area contributed by atoms with Crippen LogP contribution in [0.2, 0.25) is 5.02 Å². The molecule has 0 heterocycles. The van der Waals surface area contributed by atoms with E-state index in [2.05, 4.69) is 5.32 Å². The monoisotopic (exact) mass is 456 g/mol. The number of rotatable bonds is 6. The summed E-state index contributed by atoms with van der Waals surface area (Å²) in [6.45, 7) is 0.874. The maximum Gasteiger partial charge on any atom is 0.338 e. The highest BCUT2D eigenvalue weighted by Crippen LogP contribution is 2.42. The summed E-state index contributed by atoms with van der Waals surface area (Å²) in [7, 11) is 1.55. The molecule has 1 N–H and O–H groups in total. The normalized spacial score (nSPS) is 18.0. The van der Waals surface area contributed by atoms with Gasteiger partial charge >= 0.3 is 5.97 Å². The third kappa shape index (κ3) is 4.83. The molecule has 3 rings (SSSR count). The molecule has 8 heteroatoms. The first kappa shape index (κ1) is 23.5. The molecule has 0 saturated heterocycles. The molecule has 32 heavy (non-hydrogen) atoms. The van der Waals surface area contributed by atoms with Crippen LogP contribution >= 0.6 is 11.6 Å². The molecule has 7 nitrogen and oxygen atoms in total. The Balaban J connectivity index is 1.74. The molecule has 1 aliphatic rings. The number of hydrogen-bond donors (Lipinski definition) is 1. The molecule has 2 aromatic carbocycles. The van der Waals surface area contributed by atoms with Crippen molar-refractivity contribution in [3.8, 4) is 0 Å². The van der Waals surface area contributed by atoms with Gasteiger partial charge in [-0.3, -0.25) is 14.4 Å². The lowest BCUT2D eigenvalue weighted by atomic mass is 9.74. The lowest BCUT2D eigenvalue weighted by Gasteiger charge is -2.43. The van der Waals surface area contributed by atoms with Crippen molar-refractivity contribution in [1.82, 2.24) is 4.90 Å². The molecule has 1 saturated carbocycles. The first-order valence-corrected chi connectivity index (χ1v) is 10.7.